The first-order valence-electron chi connectivity index (χ1n) is 7.45. The molecule has 2 aromatic rings. The minimum absolute atomic E-state index is 0.0666. The van der Waals surface area contributed by atoms with Gasteiger partial charge in [0.15, 0.2) is 11.6 Å². The van der Waals surface area contributed by atoms with Gasteiger partial charge in [0.05, 0.1) is 12.5 Å². The van der Waals surface area contributed by atoms with Gasteiger partial charge in [0.1, 0.15) is 6.61 Å². The summed E-state index contributed by atoms with van der Waals surface area (Å²) in [6.07, 6.45) is 0.421. The van der Waals surface area contributed by atoms with E-state index >= 15 is 0 Å². The first kappa shape index (κ1) is 14.7. The van der Waals surface area contributed by atoms with Crippen LogP contribution in [-0.2, 0) is 29.1 Å². The fraction of sp³-hybridized carbons (Fsp3) is 0.438. The zero-order chi connectivity index (χ0) is 15.5. The lowest BCUT2D eigenvalue weighted by atomic mass is 10.1. The third-order valence-corrected chi connectivity index (χ3v) is 4.05. The highest BCUT2D eigenvalue weighted by Crippen LogP contribution is 2.25. The third kappa shape index (κ3) is 2.74. The van der Waals surface area contributed by atoms with E-state index in [1.165, 1.54) is 0 Å². The number of fused-ring (bicyclic) bond motifs is 1. The lowest BCUT2D eigenvalue weighted by Crippen LogP contribution is -2.42. The molecule has 116 valence electrons. The minimum Gasteiger partial charge on any atom is -0.377 e. The summed E-state index contributed by atoms with van der Waals surface area (Å²) < 4.78 is 7.19. The average molecular weight is 300 g/mol. The van der Waals surface area contributed by atoms with E-state index in [-0.39, 0.29) is 11.9 Å². The van der Waals surface area contributed by atoms with Crippen LogP contribution >= 0.6 is 0 Å². The second-order valence-electron chi connectivity index (χ2n) is 5.48. The van der Waals surface area contributed by atoms with Gasteiger partial charge < -0.3 is 14.2 Å². The normalized spacial score (nSPS) is 17.4. The van der Waals surface area contributed by atoms with E-state index < -0.39 is 0 Å². The molecule has 0 fully saturated rings. The number of amides is 1. The SMILES string of the molecule is COCc1nnc2n1CCN(C(=O)Cc1ccccc1)C2C. The standard InChI is InChI=1S/C16H20N4O2/c1-12-16-18-17-14(11-22-2)20(16)9-8-19(12)15(21)10-13-6-4-3-5-7-13/h3-7,12H,8-11H2,1-2H3. The molecule has 1 atom stereocenters. The van der Waals surface area contributed by atoms with Gasteiger partial charge in [0, 0.05) is 20.2 Å². The van der Waals surface area contributed by atoms with Gasteiger partial charge in [-0.05, 0) is 12.5 Å². The molecule has 0 saturated carbocycles. The van der Waals surface area contributed by atoms with Crippen molar-refractivity contribution in [3.63, 3.8) is 0 Å². The molecule has 0 aliphatic carbocycles. The molecule has 0 N–H and O–H groups in total. The molecule has 0 saturated heterocycles. The van der Waals surface area contributed by atoms with Crippen LogP contribution in [0.3, 0.4) is 0 Å². The monoisotopic (exact) mass is 300 g/mol. The molecule has 1 aliphatic heterocycles. The highest BCUT2D eigenvalue weighted by atomic mass is 16.5. The molecular weight excluding hydrogens is 280 g/mol. The molecule has 6 heteroatoms. The number of carbonyl (C=O) groups excluding carboxylic acids is 1. The van der Waals surface area contributed by atoms with Crippen molar-refractivity contribution in [1.82, 2.24) is 19.7 Å². The van der Waals surface area contributed by atoms with E-state index in [4.69, 9.17) is 4.74 Å². The van der Waals surface area contributed by atoms with Gasteiger partial charge in [0.25, 0.3) is 0 Å². The molecule has 0 spiro atoms. The summed E-state index contributed by atoms with van der Waals surface area (Å²) in [5, 5.41) is 8.40. The second kappa shape index (κ2) is 6.27. The van der Waals surface area contributed by atoms with Crippen molar-refractivity contribution in [2.75, 3.05) is 13.7 Å². The zero-order valence-corrected chi connectivity index (χ0v) is 12.9. The Hall–Kier alpha value is -2.21. The van der Waals surface area contributed by atoms with Crippen LogP contribution in [0.4, 0.5) is 0 Å². The molecule has 3 rings (SSSR count). The Kier molecular flexibility index (Phi) is 4.20. The smallest absolute Gasteiger partial charge is 0.227 e. The first-order chi connectivity index (χ1) is 10.7. The summed E-state index contributed by atoms with van der Waals surface area (Å²) in [6.45, 7) is 3.83. The number of rotatable bonds is 4. The maximum absolute atomic E-state index is 12.6. The Bertz CT molecular complexity index is 653. The van der Waals surface area contributed by atoms with E-state index in [2.05, 4.69) is 14.8 Å². The largest absolute Gasteiger partial charge is 0.377 e. The molecule has 2 heterocycles. The van der Waals surface area contributed by atoms with Crippen LogP contribution in [-0.4, -0.2) is 39.2 Å². The van der Waals surface area contributed by atoms with E-state index in [1.807, 2.05) is 42.2 Å². The minimum atomic E-state index is -0.0666. The summed E-state index contributed by atoms with van der Waals surface area (Å²) in [6, 6.07) is 9.75. The maximum Gasteiger partial charge on any atom is 0.227 e. The number of ether oxygens (including phenoxy) is 1. The Morgan fingerprint density at radius 3 is 2.77 bits per heavy atom. The number of benzene rings is 1. The molecule has 1 aromatic carbocycles. The third-order valence-electron chi connectivity index (χ3n) is 4.05. The van der Waals surface area contributed by atoms with E-state index in [0.29, 0.717) is 26.1 Å². The van der Waals surface area contributed by atoms with Crippen molar-refractivity contribution >= 4 is 5.91 Å². The van der Waals surface area contributed by atoms with Gasteiger partial charge >= 0.3 is 0 Å². The van der Waals surface area contributed by atoms with Crippen LogP contribution in [0, 0.1) is 0 Å². The Balaban J connectivity index is 1.75. The highest BCUT2D eigenvalue weighted by molar-refractivity contribution is 5.79. The number of methoxy groups -OCH3 is 1. The number of hydrogen-bond acceptors (Lipinski definition) is 4. The molecular formula is C16H20N4O2. The molecule has 1 aliphatic rings. The molecule has 1 amide bonds. The van der Waals surface area contributed by atoms with Crippen LogP contribution in [0.2, 0.25) is 0 Å². The van der Waals surface area contributed by atoms with Crippen molar-refractivity contribution in [3.8, 4) is 0 Å². The van der Waals surface area contributed by atoms with Gasteiger partial charge in [-0.25, -0.2) is 0 Å². The fourth-order valence-corrected chi connectivity index (χ4v) is 2.89. The molecule has 0 radical (unpaired) electrons. The fourth-order valence-electron chi connectivity index (χ4n) is 2.89. The Morgan fingerprint density at radius 2 is 2.05 bits per heavy atom. The van der Waals surface area contributed by atoms with Gasteiger partial charge in [-0.3, -0.25) is 4.79 Å². The molecule has 6 nitrogen and oxygen atoms in total. The molecule has 22 heavy (non-hydrogen) atoms. The lowest BCUT2D eigenvalue weighted by Gasteiger charge is -2.33. The number of carbonyl (C=O) groups is 1. The predicted molar refractivity (Wildman–Crippen MR) is 81.0 cm³/mol. The summed E-state index contributed by atoms with van der Waals surface area (Å²) in [7, 11) is 1.64. The van der Waals surface area contributed by atoms with Gasteiger partial charge in [-0.1, -0.05) is 30.3 Å². The average Bonchev–Trinajstić information content (AvgIpc) is 2.93. The van der Waals surface area contributed by atoms with Crippen molar-refractivity contribution in [1.29, 1.82) is 0 Å². The van der Waals surface area contributed by atoms with E-state index in [1.54, 1.807) is 7.11 Å². The maximum atomic E-state index is 12.6. The van der Waals surface area contributed by atoms with Crippen molar-refractivity contribution in [2.45, 2.75) is 32.5 Å². The topological polar surface area (TPSA) is 60.3 Å². The number of nitrogens with zero attached hydrogens (tertiary/aromatic N) is 4. The molecule has 1 aromatic heterocycles. The van der Waals surface area contributed by atoms with Crippen molar-refractivity contribution in [2.24, 2.45) is 0 Å². The van der Waals surface area contributed by atoms with Gasteiger partial charge in [-0.2, -0.15) is 0 Å². The Morgan fingerprint density at radius 1 is 1.27 bits per heavy atom. The van der Waals surface area contributed by atoms with E-state index in [0.717, 1.165) is 17.2 Å². The van der Waals surface area contributed by atoms with Crippen LogP contribution in [0.5, 0.6) is 0 Å². The number of hydrogen-bond donors (Lipinski definition) is 0. The molecule has 1 unspecified atom stereocenters. The van der Waals surface area contributed by atoms with Crippen LogP contribution in [0.1, 0.15) is 30.2 Å². The van der Waals surface area contributed by atoms with Crippen molar-refractivity contribution in [3.05, 3.63) is 47.5 Å². The molecule has 0 bridgehead atoms. The summed E-state index contributed by atoms with van der Waals surface area (Å²) in [5.74, 6) is 1.78. The quantitative estimate of drug-likeness (QED) is 0.860. The summed E-state index contributed by atoms with van der Waals surface area (Å²) >= 11 is 0. The predicted octanol–water partition coefficient (Wildman–Crippen LogP) is 1.57. The number of aromatic nitrogens is 3. The zero-order valence-electron chi connectivity index (χ0n) is 12.9. The van der Waals surface area contributed by atoms with Gasteiger partial charge in [0.2, 0.25) is 5.91 Å². The van der Waals surface area contributed by atoms with E-state index in [9.17, 15) is 4.79 Å². The lowest BCUT2D eigenvalue weighted by molar-refractivity contribution is -0.133. The van der Waals surface area contributed by atoms with Crippen LogP contribution in [0.15, 0.2) is 30.3 Å². The first-order valence-corrected chi connectivity index (χ1v) is 7.45. The Labute approximate surface area is 129 Å². The second-order valence-corrected chi connectivity index (χ2v) is 5.48. The van der Waals surface area contributed by atoms with Crippen molar-refractivity contribution < 1.29 is 9.53 Å². The highest BCUT2D eigenvalue weighted by Gasteiger charge is 2.30. The summed E-state index contributed by atoms with van der Waals surface area (Å²) in [5.41, 5.74) is 1.03. The summed E-state index contributed by atoms with van der Waals surface area (Å²) in [4.78, 5) is 14.4. The van der Waals surface area contributed by atoms with Crippen LogP contribution < -0.4 is 0 Å². The van der Waals surface area contributed by atoms with Gasteiger partial charge in [-0.15, -0.1) is 10.2 Å². The van der Waals surface area contributed by atoms with Crippen LogP contribution in [0.25, 0.3) is 0 Å².